The number of hydrogen-bond donors (Lipinski definition) is 3. The van der Waals surface area contributed by atoms with Crippen molar-refractivity contribution in [2.75, 3.05) is 24.3 Å². The number of amides is 2. The molecule has 4 aromatic rings. The van der Waals surface area contributed by atoms with Gasteiger partial charge in [0.2, 0.25) is 5.91 Å². The number of carbonyl (C=O) groups excluding carboxylic acids is 2. The number of nitrogen functional groups attached to an aromatic ring is 1. The van der Waals surface area contributed by atoms with Gasteiger partial charge in [0.05, 0.1) is 30.2 Å². The van der Waals surface area contributed by atoms with E-state index in [-0.39, 0.29) is 23.8 Å². The Kier molecular flexibility index (Phi) is 7.91. The van der Waals surface area contributed by atoms with Crippen LogP contribution in [-0.4, -0.2) is 50.8 Å². The van der Waals surface area contributed by atoms with E-state index in [1.54, 1.807) is 18.3 Å². The summed E-state index contributed by atoms with van der Waals surface area (Å²) in [6, 6.07) is 9.48. The van der Waals surface area contributed by atoms with Crippen LogP contribution in [0.3, 0.4) is 0 Å². The third-order valence-corrected chi connectivity index (χ3v) is 7.72. The highest BCUT2D eigenvalue weighted by Crippen LogP contribution is 2.39. The molecule has 42 heavy (non-hydrogen) atoms. The van der Waals surface area contributed by atoms with Crippen molar-refractivity contribution in [1.82, 2.24) is 25.1 Å². The predicted molar refractivity (Wildman–Crippen MR) is 158 cm³/mol. The van der Waals surface area contributed by atoms with E-state index in [9.17, 15) is 14.0 Å². The standard InChI is InChI=1S/C31H32FN7O3/c32-22-11-13-34-25(16-22)37-31(41)20-9-7-19(8-10-20)28-27-29-21(18-35-30(27)33)4-1-2-14-42-15-12-26(40)36-23-5-3-6-24(17-23)39(29)38-28/h1,4,7-11,13,16,18,23-24H,2-3,5-6,12,14-15,17H2,(H2,33,35)(H,36,40)(H,34,37,41)/b4-1+/t23-,24-/m1/s1. The fourth-order valence-electron chi connectivity index (χ4n) is 5.69. The van der Waals surface area contributed by atoms with Crippen molar-refractivity contribution in [2.24, 2.45) is 0 Å². The molecule has 2 aliphatic rings. The highest BCUT2D eigenvalue weighted by atomic mass is 19.1. The molecule has 0 radical (unpaired) electrons. The molecule has 1 aliphatic carbocycles. The Balaban J connectivity index is 1.38. The van der Waals surface area contributed by atoms with Crippen molar-refractivity contribution in [1.29, 1.82) is 0 Å². The maximum atomic E-state index is 13.5. The van der Waals surface area contributed by atoms with Crippen LogP contribution in [-0.2, 0) is 9.53 Å². The average molecular weight is 570 g/mol. The predicted octanol–water partition coefficient (Wildman–Crippen LogP) is 4.89. The quantitative estimate of drug-likeness (QED) is 0.319. The Morgan fingerprint density at radius 3 is 2.83 bits per heavy atom. The maximum Gasteiger partial charge on any atom is 0.256 e. The number of nitrogens with two attached hydrogens (primary N) is 1. The largest absolute Gasteiger partial charge is 0.383 e. The van der Waals surface area contributed by atoms with Crippen LogP contribution in [0.25, 0.3) is 28.2 Å². The van der Waals surface area contributed by atoms with Crippen LogP contribution in [0.15, 0.2) is 54.9 Å². The summed E-state index contributed by atoms with van der Waals surface area (Å²) in [4.78, 5) is 33.8. The third kappa shape index (κ3) is 5.87. The number of aromatic nitrogens is 4. The lowest BCUT2D eigenvalue weighted by molar-refractivity contribution is -0.123. The Hall–Kier alpha value is -4.64. The van der Waals surface area contributed by atoms with Gasteiger partial charge < -0.3 is 21.1 Å². The highest BCUT2D eigenvalue weighted by molar-refractivity contribution is 6.06. The molecule has 1 fully saturated rings. The summed E-state index contributed by atoms with van der Waals surface area (Å²) < 4.78 is 21.2. The minimum absolute atomic E-state index is 0.00326. The van der Waals surface area contributed by atoms with Gasteiger partial charge in [0.25, 0.3) is 5.91 Å². The van der Waals surface area contributed by atoms with E-state index in [1.165, 1.54) is 12.3 Å². The van der Waals surface area contributed by atoms with Crippen molar-refractivity contribution in [3.8, 4) is 11.3 Å². The molecule has 4 heterocycles. The molecule has 0 spiro atoms. The molecular weight excluding hydrogens is 537 g/mol. The Morgan fingerprint density at radius 2 is 2.00 bits per heavy atom. The molecule has 1 saturated carbocycles. The van der Waals surface area contributed by atoms with Crippen LogP contribution in [0.4, 0.5) is 16.0 Å². The number of ether oxygens (including phenoxy) is 1. The van der Waals surface area contributed by atoms with E-state index >= 15 is 0 Å². The summed E-state index contributed by atoms with van der Waals surface area (Å²) in [6.07, 6.45) is 11.7. The zero-order valence-electron chi connectivity index (χ0n) is 23.1. The topological polar surface area (TPSA) is 137 Å². The first-order chi connectivity index (χ1) is 20.5. The number of pyridine rings is 2. The number of carbonyl (C=O) groups is 2. The van der Waals surface area contributed by atoms with Gasteiger partial charge >= 0.3 is 0 Å². The molecule has 2 atom stereocenters. The van der Waals surface area contributed by atoms with E-state index in [0.29, 0.717) is 43.1 Å². The second-order valence-corrected chi connectivity index (χ2v) is 10.6. The molecule has 216 valence electrons. The number of fused-ring (bicyclic) bond motifs is 3. The van der Waals surface area contributed by atoms with Gasteiger partial charge in [-0.3, -0.25) is 14.3 Å². The molecule has 11 heteroatoms. The van der Waals surface area contributed by atoms with E-state index in [1.807, 2.05) is 29.0 Å². The lowest BCUT2D eigenvalue weighted by Crippen LogP contribution is -2.39. The number of halogens is 1. The van der Waals surface area contributed by atoms with Crippen LogP contribution >= 0.6 is 0 Å². The van der Waals surface area contributed by atoms with Crippen molar-refractivity contribution in [3.63, 3.8) is 0 Å². The van der Waals surface area contributed by atoms with Gasteiger partial charge in [0, 0.05) is 47.6 Å². The van der Waals surface area contributed by atoms with Gasteiger partial charge in [-0.15, -0.1) is 0 Å². The summed E-state index contributed by atoms with van der Waals surface area (Å²) >= 11 is 0. The molecule has 10 nitrogen and oxygen atoms in total. The van der Waals surface area contributed by atoms with E-state index < -0.39 is 11.7 Å². The number of benzene rings is 1. The fraction of sp³-hybridized carbons (Fsp3) is 0.323. The number of nitrogens with zero attached hydrogens (tertiary/aromatic N) is 4. The second-order valence-electron chi connectivity index (χ2n) is 10.6. The van der Waals surface area contributed by atoms with E-state index in [4.69, 9.17) is 15.6 Å². The van der Waals surface area contributed by atoms with Crippen molar-refractivity contribution in [2.45, 2.75) is 50.6 Å². The maximum absolute atomic E-state index is 13.5. The Bertz CT molecular complexity index is 1650. The first-order valence-electron chi connectivity index (χ1n) is 14.2. The normalized spacial score (nSPS) is 20.3. The molecule has 4 N–H and O–H groups in total. The lowest BCUT2D eigenvalue weighted by atomic mass is 9.90. The summed E-state index contributed by atoms with van der Waals surface area (Å²) in [7, 11) is 0. The van der Waals surface area contributed by atoms with Crippen molar-refractivity contribution < 1.29 is 18.7 Å². The Labute approximate surface area is 242 Å². The molecule has 0 unspecified atom stereocenters. The number of anilines is 2. The van der Waals surface area contributed by atoms with Crippen LogP contribution in [0.1, 0.15) is 60.5 Å². The average Bonchev–Trinajstić information content (AvgIpc) is 3.39. The second kappa shape index (κ2) is 12.1. The lowest BCUT2D eigenvalue weighted by Gasteiger charge is -2.30. The smallest absolute Gasteiger partial charge is 0.256 e. The minimum atomic E-state index is -0.484. The monoisotopic (exact) mass is 569 g/mol. The first-order valence-corrected chi connectivity index (χ1v) is 14.2. The summed E-state index contributed by atoms with van der Waals surface area (Å²) in [5.74, 6) is -0.390. The zero-order valence-corrected chi connectivity index (χ0v) is 23.1. The first kappa shape index (κ1) is 27.5. The van der Waals surface area contributed by atoms with Gasteiger partial charge in [0.15, 0.2) is 0 Å². The van der Waals surface area contributed by atoms with Crippen LogP contribution in [0.5, 0.6) is 0 Å². The molecular formula is C31H32FN7O3. The minimum Gasteiger partial charge on any atom is -0.383 e. The van der Waals surface area contributed by atoms with Gasteiger partial charge in [-0.2, -0.15) is 5.10 Å². The molecule has 1 aromatic carbocycles. The number of rotatable bonds is 3. The molecule has 6 rings (SSSR count). The Morgan fingerprint density at radius 1 is 1.14 bits per heavy atom. The van der Waals surface area contributed by atoms with Crippen LogP contribution in [0.2, 0.25) is 0 Å². The molecule has 2 bridgehead atoms. The van der Waals surface area contributed by atoms with Gasteiger partial charge in [0.1, 0.15) is 23.1 Å². The fourth-order valence-corrected chi connectivity index (χ4v) is 5.69. The van der Waals surface area contributed by atoms with E-state index in [2.05, 4.69) is 20.6 Å². The summed E-state index contributed by atoms with van der Waals surface area (Å²) in [6.45, 7) is 0.914. The summed E-state index contributed by atoms with van der Waals surface area (Å²) in [5.41, 5.74) is 10.1. The highest BCUT2D eigenvalue weighted by Gasteiger charge is 2.29. The van der Waals surface area contributed by atoms with Gasteiger partial charge in [-0.1, -0.05) is 24.3 Å². The molecule has 0 saturated heterocycles. The van der Waals surface area contributed by atoms with Gasteiger partial charge in [-0.05, 0) is 50.3 Å². The SMILES string of the molecule is Nc1ncc2c3c1c(-c1ccc(C(=O)Nc4cc(F)ccn4)cc1)nn3[C@@H]1CCC[C@H](C1)NC(=O)CCOCC/C=C/2. The van der Waals surface area contributed by atoms with Gasteiger partial charge in [-0.25, -0.2) is 14.4 Å². The third-order valence-electron chi connectivity index (χ3n) is 7.72. The number of hydrogen-bond acceptors (Lipinski definition) is 7. The molecule has 1 aliphatic heterocycles. The van der Waals surface area contributed by atoms with E-state index in [0.717, 1.165) is 53.8 Å². The summed E-state index contributed by atoms with van der Waals surface area (Å²) in [5, 5.41) is 11.6. The van der Waals surface area contributed by atoms with Crippen molar-refractivity contribution in [3.05, 3.63) is 71.8 Å². The molecule has 3 aromatic heterocycles. The number of nitrogens with one attached hydrogen (secondary N) is 2. The van der Waals surface area contributed by atoms with Crippen LogP contribution < -0.4 is 16.4 Å². The van der Waals surface area contributed by atoms with Crippen LogP contribution in [0, 0.1) is 5.82 Å². The van der Waals surface area contributed by atoms with Crippen molar-refractivity contribution >= 4 is 40.4 Å². The zero-order chi connectivity index (χ0) is 29.1. The molecule has 2 amide bonds.